The Hall–Kier alpha value is -1.67. The number of benzene rings is 1. The SMILES string of the molecule is Cc1ccc(C(O)Cc2cc(C)cc(C)c2)nc1. The lowest BCUT2D eigenvalue weighted by Crippen LogP contribution is -2.04. The van der Waals surface area contributed by atoms with Crippen LogP contribution in [0.1, 0.15) is 34.1 Å². The summed E-state index contributed by atoms with van der Waals surface area (Å²) in [7, 11) is 0. The van der Waals surface area contributed by atoms with Gasteiger partial charge in [-0.2, -0.15) is 0 Å². The predicted octanol–water partition coefficient (Wildman–Crippen LogP) is 3.28. The van der Waals surface area contributed by atoms with Crippen molar-refractivity contribution < 1.29 is 5.11 Å². The Kier molecular flexibility index (Phi) is 3.78. The molecule has 18 heavy (non-hydrogen) atoms. The number of aromatic nitrogens is 1. The summed E-state index contributed by atoms with van der Waals surface area (Å²) in [6.45, 7) is 6.15. The maximum Gasteiger partial charge on any atom is 0.0999 e. The first-order valence-electron chi connectivity index (χ1n) is 6.22. The van der Waals surface area contributed by atoms with Crippen LogP contribution in [0.15, 0.2) is 36.5 Å². The minimum atomic E-state index is -0.535. The normalized spacial score (nSPS) is 12.4. The van der Waals surface area contributed by atoms with Gasteiger partial charge in [-0.05, 0) is 38.0 Å². The highest BCUT2D eigenvalue weighted by molar-refractivity contribution is 5.29. The fourth-order valence-corrected chi connectivity index (χ4v) is 2.19. The van der Waals surface area contributed by atoms with Crippen molar-refractivity contribution in [3.05, 3.63) is 64.5 Å². The molecule has 0 saturated carbocycles. The van der Waals surface area contributed by atoms with Crippen molar-refractivity contribution in [2.24, 2.45) is 0 Å². The van der Waals surface area contributed by atoms with E-state index >= 15 is 0 Å². The van der Waals surface area contributed by atoms with E-state index in [9.17, 15) is 5.11 Å². The second-order valence-corrected chi connectivity index (χ2v) is 4.98. The first-order chi connectivity index (χ1) is 8.54. The summed E-state index contributed by atoms with van der Waals surface area (Å²) in [6, 6.07) is 10.2. The van der Waals surface area contributed by atoms with E-state index in [1.807, 2.05) is 19.1 Å². The summed E-state index contributed by atoms with van der Waals surface area (Å²) in [6.07, 6.45) is 1.87. The molecule has 0 fully saturated rings. The van der Waals surface area contributed by atoms with E-state index in [0.29, 0.717) is 6.42 Å². The van der Waals surface area contributed by atoms with Gasteiger partial charge in [0.25, 0.3) is 0 Å². The number of nitrogens with zero attached hydrogens (tertiary/aromatic N) is 1. The second-order valence-electron chi connectivity index (χ2n) is 4.98. The summed E-state index contributed by atoms with van der Waals surface area (Å²) in [5, 5.41) is 10.2. The monoisotopic (exact) mass is 241 g/mol. The number of aliphatic hydroxyl groups excluding tert-OH is 1. The zero-order valence-electron chi connectivity index (χ0n) is 11.1. The molecule has 0 aliphatic heterocycles. The average Bonchev–Trinajstić information content (AvgIpc) is 2.28. The first kappa shape index (κ1) is 12.8. The molecule has 0 radical (unpaired) electrons. The molecule has 0 spiro atoms. The van der Waals surface area contributed by atoms with Crippen LogP contribution in [-0.2, 0) is 6.42 Å². The first-order valence-corrected chi connectivity index (χ1v) is 6.22. The van der Waals surface area contributed by atoms with Crippen LogP contribution in [0.3, 0.4) is 0 Å². The van der Waals surface area contributed by atoms with Gasteiger partial charge in [0, 0.05) is 12.6 Å². The molecular weight excluding hydrogens is 222 g/mol. The standard InChI is InChI=1S/C16H19NO/c1-11-4-5-15(17-10-11)16(18)9-14-7-12(2)6-13(3)8-14/h4-8,10,16,18H,9H2,1-3H3. The third kappa shape index (κ3) is 3.17. The molecule has 0 bridgehead atoms. The lowest BCUT2D eigenvalue weighted by Gasteiger charge is -2.11. The molecule has 0 aliphatic carbocycles. The number of aryl methyl sites for hydroxylation is 3. The highest BCUT2D eigenvalue weighted by atomic mass is 16.3. The van der Waals surface area contributed by atoms with Gasteiger partial charge in [-0.1, -0.05) is 35.4 Å². The van der Waals surface area contributed by atoms with Crippen LogP contribution in [0.2, 0.25) is 0 Å². The van der Waals surface area contributed by atoms with Crippen molar-refractivity contribution in [3.63, 3.8) is 0 Å². The van der Waals surface area contributed by atoms with E-state index < -0.39 is 6.10 Å². The number of hydrogen-bond acceptors (Lipinski definition) is 2. The van der Waals surface area contributed by atoms with Gasteiger partial charge in [0.1, 0.15) is 0 Å². The van der Waals surface area contributed by atoms with E-state index in [1.165, 1.54) is 11.1 Å². The van der Waals surface area contributed by atoms with Crippen LogP contribution in [0.25, 0.3) is 0 Å². The summed E-state index contributed by atoms with van der Waals surface area (Å²) in [5.41, 5.74) is 5.46. The molecular formula is C16H19NO. The molecule has 1 heterocycles. The Morgan fingerprint density at radius 2 is 1.67 bits per heavy atom. The molecule has 2 aromatic rings. The van der Waals surface area contributed by atoms with Crippen LogP contribution >= 0.6 is 0 Å². The van der Waals surface area contributed by atoms with E-state index in [1.54, 1.807) is 6.20 Å². The van der Waals surface area contributed by atoms with E-state index in [4.69, 9.17) is 0 Å². The minimum Gasteiger partial charge on any atom is -0.386 e. The lowest BCUT2D eigenvalue weighted by molar-refractivity contribution is 0.173. The summed E-state index contributed by atoms with van der Waals surface area (Å²) in [5.74, 6) is 0. The number of aliphatic hydroxyl groups is 1. The quantitative estimate of drug-likeness (QED) is 0.894. The van der Waals surface area contributed by atoms with Crippen molar-refractivity contribution in [1.29, 1.82) is 0 Å². The molecule has 1 unspecified atom stereocenters. The Bertz CT molecular complexity index is 511. The highest BCUT2D eigenvalue weighted by Crippen LogP contribution is 2.18. The maximum absolute atomic E-state index is 10.2. The number of hydrogen-bond donors (Lipinski definition) is 1. The predicted molar refractivity (Wildman–Crippen MR) is 73.6 cm³/mol. The van der Waals surface area contributed by atoms with Gasteiger partial charge in [-0.25, -0.2) is 0 Å². The van der Waals surface area contributed by atoms with Crippen LogP contribution in [0.4, 0.5) is 0 Å². The zero-order valence-corrected chi connectivity index (χ0v) is 11.1. The fourth-order valence-electron chi connectivity index (χ4n) is 2.19. The van der Waals surface area contributed by atoms with Gasteiger partial charge in [0.15, 0.2) is 0 Å². The largest absolute Gasteiger partial charge is 0.386 e. The molecule has 1 aromatic carbocycles. The molecule has 0 aliphatic rings. The van der Waals surface area contributed by atoms with E-state index in [0.717, 1.165) is 16.8 Å². The summed E-state index contributed by atoms with van der Waals surface area (Å²) >= 11 is 0. The van der Waals surface area contributed by atoms with Crippen LogP contribution in [-0.4, -0.2) is 10.1 Å². The third-order valence-corrected chi connectivity index (χ3v) is 2.99. The smallest absolute Gasteiger partial charge is 0.0999 e. The van der Waals surface area contributed by atoms with Crippen LogP contribution in [0.5, 0.6) is 0 Å². The molecule has 1 aromatic heterocycles. The van der Waals surface area contributed by atoms with Crippen molar-refractivity contribution in [2.75, 3.05) is 0 Å². The van der Waals surface area contributed by atoms with Gasteiger partial charge >= 0.3 is 0 Å². The Balaban J connectivity index is 2.15. The van der Waals surface area contributed by atoms with Crippen molar-refractivity contribution in [1.82, 2.24) is 4.98 Å². The number of rotatable bonds is 3. The van der Waals surface area contributed by atoms with Gasteiger partial charge in [0.2, 0.25) is 0 Å². The molecule has 1 N–H and O–H groups in total. The molecule has 0 saturated heterocycles. The maximum atomic E-state index is 10.2. The third-order valence-electron chi connectivity index (χ3n) is 2.99. The van der Waals surface area contributed by atoms with Crippen LogP contribution in [0, 0.1) is 20.8 Å². The van der Waals surface area contributed by atoms with Crippen molar-refractivity contribution in [2.45, 2.75) is 33.3 Å². The fraction of sp³-hybridized carbons (Fsp3) is 0.312. The average molecular weight is 241 g/mol. The Morgan fingerprint density at radius 3 is 2.22 bits per heavy atom. The minimum absolute atomic E-state index is 0.535. The van der Waals surface area contributed by atoms with E-state index in [2.05, 4.69) is 37.0 Å². The lowest BCUT2D eigenvalue weighted by atomic mass is 10.0. The van der Waals surface area contributed by atoms with Gasteiger partial charge in [-0.15, -0.1) is 0 Å². The van der Waals surface area contributed by atoms with Crippen molar-refractivity contribution >= 4 is 0 Å². The van der Waals surface area contributed by atoms with Gasteiger partial charge < -0.3 is 5.11 Å². The van der Waals surface area contributed by atoms with E-state index in [-0.39, 0.29) is 0 Å². The molecule has 2 nitrogen and oxygen atoms in total. The highest BCUT2D eigenvalue weighted by Gasteiger charge is 2.10. The zero-order chi connectivity index (χ0) is 13.1. The van der Waals surface area contributed by atoms with Crippen LogP contribution < -0.4 is 0 Å². The molecule has 0 amide bonds. The van der Waals surface area contributed by atoms with Gasteiger partial charge in [0.05, 0.1) is 11.8 Å². The summed E-state index contributed by atoms with van der Waals surface area (Å²) < 4.78 is 0. The van der Waals surface area contributed by atoms with Gasteiger partial charge in [-0.3, -0.25) is 4.98 Å². The topological polar surface area (TPSA) is 33.1 Å². The second kappa shape index (κ2) is 5.32. The molecule has 94 valence electrons. The number of pyridine rings is 1. The molecule has 2 rings (SSSR count). The molecule has 1 atom stereocenters. The van der Waals surface area contributed by atoms with Crippen molar-refractivity contribution in [3.8, 4) is 0 Å². The Labute approximate surface area is 108 Å². The molecule has 2 heteroatoms. The summed E-state index contributed by atoms with van der Waals surface area (Å²) in [4.78, 5) is 4.27. The Morgan fingerprint density at radius 1 is 1.00 bits per heavy atom.